The van der Waals surface area contributed by atoms with Crippen molar-refractivity contribution >= 4 is 5.91 Å². The van der Waals surface area contributed by atoms with Gasteiger partial charge in [0, 0.05) is 51.7 Å². The lowest BCUT2D eigenvalue weighted by Crippen LogP contribution is -2.51. The Morgan fingerprint density at radius 3 is 2.65 bits per heavy atom. The highest BCUT2D eigenvalue weighted by Gasteiger charge is 2.30. The van der Waals surface area contributed by atoms with E-state index < -0.39 is 0 Å². The summed E-state index contributed by atoms with van der Waals surface area (Å²) in [4.78, 5) is 21.3. The molecule has 2 saturated heterocycles. The zero-order valence-corrected chi connectivity index (χ0v) is 15.1. The van der Waals surface area contributed by atoms with E-state index in [9.17, 15) is 4.79 Å². The summed E-state index contributed by atoms with van der Waals surface area (Å²) in [6.45, 7) is 5.71. The van der Waals surface area contributed by atoms with E-state index in [1.807, 2.05) is 23.4 Å². The lowest BCUT2D eigenvalue weighted by Gasteiger charge is -2.35. The molecular weight excluding hydrogens is 328 g/mol. The van der Waals surface area contributed by atoms with Crippen LogP contribution in [0.15, 0.2) is 42.7 Å². The molecule has 0 radical (unpaired) electrons. The predicted molar refractivity (Wildman–Crippen MR) is 98.6 cm³/mol. The molecule has 2 aliphatic rings. The highest BCUT2D eigenvalue weighted by atomic mass is 16.5. The third kappa shape index (κ3) is 3.97. The van der Waals surface area contributed by atoms with E-state index in [4.69, 9.17) is 4.74 Å². The van der Waals surface area contributed by atoms with E-state index in [0.29, 0.717) is 0 Å². The first-order valence-electron chi connectivity index (χ1n) is 9.46. The van der Waals surface area contributed by atoms with Crippen molar-refractivity contribution < 1.29 is 9.53 Å². The van der Waals surface area contributed by atoms with Gasteiger partial charge in [-0.3, -0.25) is 9.69 Å². The quantitative estimate of drug-likeness (QED) is 0.821. The van der Waals surface area contributed by atoms with Gasteiger partial charge in [-0.05, 0) is 18.4 Å². The number of imidazole rings is 1. The van der Waals surface area contributed by atoms with Crippen molar-refractivity contribution in [2.24, 2.45) is 0 Å². The molecule has 0 N–H and O–H groups in total. The van der Waals surface area contributed by atoms with Crippen LogP contribution in [0.3, 0.4) is 0 Å². The lowest BCUT2D eigenvalue weighted by atomic mass is 10.2. The van der Waals surface area contributed by atoms with Gasteiger partial charge in [-0.2, -0.15) is 0 Å². The molecule has 1 amide bonds. The number of carbonyl (C=O) groups is 1. The number of nitrogens with zero attached hydrogens (tertiary/aromatic N) is 4. The van der Waals surface area contributed by atoms with Crippen molar-refractivity contribution in [3.8, 4) is 0 Å². The van der Waals surface area contributed by atoms with E-state index in [0.717, 1.165) is 64.5 Å². The van der Waals surface area contributed by atoms with Gasteiger partial charge in [-0.1, -0.05) is 30.3 Å². The van der Waals surface area contributed by atoms with Gasteiger partial charge in [0.05, 0.1) is 6.54 Å². The molecule has 0 bridgehead atoms. The zero-order chi connectivity index (χ0) is 17.8. The molecule has 1 aromatic heterocycles. The van der Waals surface area contributed by atoms with Crippen molar-refractivity contribution in [2.45, 2.75) is 32.0 Å². The van der Waals surface area contributed by atoms with Gasteiger partial charge in [-0.25, -0.2) is 4.98 Å². The van der Waals surface area contributed by atoms with E-state index in [2.05, 4.69) is 38.7 Å². The molecule has 1 atom stereocenters. The summed E-state index contributed by atoms with van der Waals surface area (Å²) in [5.74, 6) is 1.25. The van der Waals surface area contributed by atoms with Crippen molar-refractivity contribution in [3.63, 3.8) is 0 Å². The Kier molecular flexibility index (Phi) is 5.32. The first-order chi connectivity index (χ1) is 12.8. The topological polar surface area (TPSA) is 50.6 Å². The monoisotopic (exact) mass is 354 g/mol. The molecule has 2 aromatic rings. The number of ether oxygens (including phenoxy) is 1. The van der Waals surface area contributed by atoms with Crippen molar-refractivity contribution in [2.75, 3.05) is 32.8 Å². The van der Waals surface area contributed by atoms with Crippen LogP contribution in [-0.2, 0) is 22.6 Å². The second-order valence-electron chi connectivity index (χ2n) is 7.06. The Morgan fingerprint density at radius 2 is 1.92 bits per heavy atom. The molecule has 2 aliphatic heterocycles. The third-order valence-electron chi connectivity index (χ3n) is 5.25. The molecule has 6 heteroatoms. The Labute approximate surface area is 154 Å². The van der Waals surface area contributed by atoms with Gasteiger partial charge in [0.1, 0.15) is 11.9 Å². The predicted octanol–water partition coefficient (Wildman–Crippen LogP) is 1.75. The average molecular weight is 354 g/mol. The summed E-state index contributed by atoms with van der Waals surface area (Å²) in [7, 11) is 0. The SMILES string of the molecule is O=C([C@@H]1CCCO1)N1CCN(Cc2nccn2Cc2ccccc2)CC1. The van der Waals surface area contributed by atoms with Crippen LogP contribution in [-0.4, -0.2) is 64.1 Å². The van der Waals surface area contributed by atoms with E-state index >= 15 is 0 Å². The summed E-state index contributed by atoms with van der Waals surface area (Å²) in [5.41, 5.74) is 1.28. The molecule has 3 heterocycles. The summed E-state index contributed by atoms with van der Waals surface area (Å²) in [6.07, 6.45) is 5.58. The van der Waals surface area contributed by atoms with Crippen LogP contribution in [0.2, 0.25) is 0 Å². The number of rotatable bonds is 5. The maximum Gasteiger partial charge on any atom is 0.251 e. The summed E-state index contributed by atoms with van der Waals surface area (Å²) >= 11 is 0. The molecule has 1 aromatic carbocycles. The molecule has 26 heavy (non-hydrogen) atoms. The summed E-state index contributed by atoms with van der Waals surface area (Å²) < 4.78 is 7.74. The van der Waals surface area contributed by atoms with Crippen molar-refractivity contribution in [1.29, 1.82) is 0 Å². The third-order valence-corrected chi connectivity index (χ3v) is 5.25. The number of hydrogen-bond donors (Lipinski definition) is 0. The molecule has 0 aliphatic carbocycles. The normalized spacial score (nSPS) is 21.2. The number of hydrogen-bond acceptors (Lipinski definition) is 4. The number of carbonyl (C=O) groups excluding carboxylic acids is 1. The highest BCUT2D eigenvalue weighted by molar-refractivity contribution is 5.81. The smallest absolute Gasteiger partial charge is 0.251 e. The second kappa shape index (κ2) is 8.01. The molecule has 138 valence electrons. The van der Waals surface area contributed by atoms with Crippen LogP contribution in [0.4, 0.5) is 0 Å². The fourth-order valence-corrected chi connectivity index (χ4v) is 3.72. The standard InChI is InChI=1S/C20H26N4O2/c25-20(18-7-4-14-26-18)23-12-10-22(11-13-23)16-19-21-8-9-24(19)15-17-5-2-1-3-6-17/h1-3,5-6,8-9,18H,4,7,10-16H2/t18-/m0/s1. The minimum Gasteiger partial charge on any atom is -0.368 e. The van der Waals surface area contributed by atoms with Gasteiger partial charge in [0.2, 0.25) is 0 Å². The minimum absolute atomic E-state index is 0.174. The van der Waals surface area contributed by atoms with Crippen LogP contribution in [0.1, 0.15) is 24.2 Å². The Morgan fingerprint density at radius 1 is 1.12 bits per heavy atom. The largest absolute Gasteiger partial charge is 0.368 e. The van der Waals surface area contributed by atoms with E-state index in [1.165, 1.54) is 5.56 Å². The van der Waals surface area contributed by atoms with Gasteiger partial charge in [-0.15, -0.1) is 0 Å². The number of amides is 1. The first kappa shape index (κ1) is 17.2. The minimum atomic E-state index is -0.202. The molecule has 0 unspecified atom stereocenters. The van der Waals surface area contributed by atoms with Gasteiger partial charge in [0.25, 0.3) is 5.91 Å². The fraction of sp³-hybridized carbons (Fsp3) is 0.500. The van der Waals surface area contributed by atoms with E-state index in [1.54, 1.807) is 0 Å². The van der Waals surface area contributed by atoms with E-state index in [-0.39, 0.29) is 12.0 Å². The number of aromatic nitrogens is 2. The molecule has 6 nitrogen and oxygen atoms in total. The van der Waals surface area contributed by atoms with Gasteiger partial charge >= 0.3 is 0 Å². The second-order valence-corrected chi connectivity index (χ2v) is 7.06. The zero-order valence-electron chi connectivity index (χ0n) is 15.1. The Bertz CT molecular complexity index is 716. The van der Waals surface area contributed by atoms with Crippen molar-refractivity contribution in [3.05, 3.63) is 54.1 Å². The van der Waals surface area contributed by atoms with Crippen LogP contribution in [0.5, 0.6) is 0 Å². The van der Waals surface area contributed by atoms with Crippen LogP contribution in [0.25, 0.3) is 0 Å². The first-order valence-corrected chi connectivity index (χ1v) is 9.46. The lowest BCUT2D eigenvalue weighted by molar-refractivity contribution is -0.142. The highest BCUT2D eigenvalue weighted by Crippen LogP contribution is 2.17. The summed E-state index contributed by atoms with van der Waals surface area (Å²) in [6, 6.07) is 10.4. The van der Waals surface area contributed by atoms with Crippen LogP contribution in [0, 0.1) is 0 Å². The molecule has 0 spiro atoms. The van der Waals surface area contributed by atoms with Crippen molar-refractivity contribution in [1.82, 2.24) is 19.4 Å². The maximum atomic E-state index is 12.4. The van der Waals surface area contributed by atoms with Crippen LogP contribution >= 0.6 is 0 Å². The average Bonchev–Trinajstić information content (AvgIpc) is 3.35. The Balaban J connectivity index is 1.31. The summed E-state index contributed by atoms with van der Waals surface area (Å²) in [5, 5.41) is 0. The van der Waals surface area contributed by atoms with Gasteiger partial charge in [0.15, 0.2) is 0 Å². The molecular formula is C20H26N4O2. The molecule has 2 fully saturated rings. The number of piperazine rings is 1. The molecule has 0 saturated carbocycles. The van der Waals surface area contributed by atoms with Crippen LogP contribution < -0.4 is 0 Å². The Hall–Kier alpha value is -2.18. The molecule has 4 rings (SSSR count). The van der Waals surface area contributed by atoms with Gasteiger partial charge < -0.3 is 14.2 Å². The fourth-order valence-electron chi connectivity index (χ4n) is 3.72. The number of benzene rings is 1. The maximum absolute atomic E-state index is 12.4.